The Bertz CT molecular complexity index is 1160. The van der Waals surface area contributed by atoms with Crippen molar-refractivity contribution in [3.63, 3.8) is 0 Å². The first kappa shape index (κ1) is 19.0. The Balaban J connectivity index is 1.33. The third kappa shape index (κ3) is 3.61. The number of aromatic nitrogens is 1. The average molecular weight is 440 g/mol. The van der Waals surface area contributed by atoms with Gasteiger partial charge in [0.15, 0.2) is 16.6 Å². The van der Waals surface area contributed by atoms with Crippen molar-refractivity contribution in [3.05, 3.63) is 47.3 Å². The summed E-state index contributed by atoms with van der Waals surface area (Å²) < 4.78 is 11.2. The lowest BCUT2D eigenvalue weighted by Crippen LogP contribution is -2.26. The van der Waals surface area contributed by atoms with Gasteiger partial charge in [0.2, 0.25) is 5.91 Å². The van der Waals surface area contributed by atoms with E-state index in [1.165, 1.54) is 23.1 Å². The standard InChI is InChI=1S/C21H17N3O4S2/c1-11-19(25)22-14-8-13(3-5-18(14)30-11)20(26)24-21-23-15(10-29-21)12-2-4-16-17(9-12)28-7-6-27-16/h2-5,8-11H,6-7H2,1H3,(H,22,25)(H,23,24,26). The second kappa shape index (κ2) is 7.66. The van der Waals surface area contributed by atoms with E-state index in [-0.39, 0.29) is 17.1 Å². The first-order chi connectivity index (χ1) is 14.6. The molecule has 5 rings (SSSR count). The molecule has 0 spiro atoms. The van der Waals surface area contributed by atoms with Gasteiger partial charge in [0.1, 0.15) is 13.2 Å². The average Bonchev–Trinajstić information content (AvgIpc) is 3.22. The van der Waals surface area contributed by atoms with Gasteiger partial charge in [-0.2, -0.15) is 0 Å². The molecule has 0 fully saturated rings. The molecule has 30 heavy (non-hydrogen) atoms. The van der Waals surface area contributed by atoms with Crippen LogP contribution in [-0.2, 0) is 4.79 Å². The van der Waals surface area contributed by atoms with Crippen molar-refractivity contribution in [2.45, 2.75) is 17.1 Å². The van der Waals surface area contributed by atoms with Gasteiger partial charge in [-0.3, -0.25) is 14.9 Å². The van der Waals surface area contributed by atoms with Crippen molar-refractivity contribution in [1.82, 2.24) is 4.98 Å². The van der Waals surface area contributed by atoms with Gasteiger partial charge in [-0.05, 0) is 43.3 Å². The van der Waals surface area contributed by atoms with E-state index in [4.69, 9.17) is 9.47 Å². The molecular weight excluding hydrogens is 422 g/mol. The minimum atomic E-state index is -0.279. The lowest BCUT2D eigenvalue weighted by molar-refractivity contribution is -0.115. The number of benzene rings is 2. The maximum Gasteiger partial charge on any atom is 0.257 e. The van der Waals surface area contributed by atoms with Gasteiger partial charge in [0.05, 0.1) is 16.6 Å². The first-order valence-electron chi connectivity index (χ1n) is 9.35. The van der Waals surface area contributed by atoms with Crippen LogP contribution >= 0.6 is 23.1 Å². The molecule has 2 aromatic carbocycles. The molecule has 3 aromatic rings. The van der Waals surface area contributed by atoms with Crippen LogP contribution in [0, 0.1) is 0 Å². The van der Waals surface area contributed by atoms with E-state index in [2.05, 4.69) is 15.6 Å². The molecule has 2 aliphatic heterocycles. The van der Waals surface area contributed by atoms with Gasteiger partial charge in [0.25, 0.3) is 5.91 Å². The number of carbonyl (C=O) groups excluding carboxylic acids is 2. The number of hydrogen-bond donors (Lipinski definition) is 2. The van der Waals surface area contributed by atoms with Crippen LogP contribution < -0.4 is 20.1 Å². The Morgan fingerprint density at radius 2 is 2.00 bits per heavy atom. The second-order valence-corrected chi connectivity index (χ2v) is 9.05. The van der Waals surface area contributed by atoms with Gasteiger partial charge in [0, 0.05) is 21.4 Å². The summed E-state index contributed by atoms with van der Waals surface area (Å²) in [6.45, 7) is 2.92. The van der Waals surface area contributed by atoms with E-state index in [1.54, 1.807) is 12.1 Å². The minimum absolute atomic E-state index is 0.0611. The van der Waals surface area contributed by atoms with E-state index in [0.717, 1.165) is 21.9 Å². The molecule has 0 bridgehead atoms. The topological polar surface area (TPSA) is 89.6 Å². The smallest absolute Gasteiger partial charge is 0.257 e. The molecule has 7 nitrogen and oxygen atoms in total. The van der Waals surface area contributed by atoms with Crippen LogP contribution in [0.4, 0.5) is 10.8 Å². The third-order valence-electron chi connectivity index (χ3n) is 4.74. The van der Waals surface area contributed by atoms with Crippen LogP contribution in [0.2, 0.25) is 0 Å². The number of fused-ring (bicyclic) bond motifs is 2. The zero-order valence-electron chi connectivity index (χ0n) is 15.9. The fourth-order valence-electron chi connectivity index (χ4n) is 3.19. The molecule has 2 N–H and O–H groups in total. The molecule has 1 atom stereocenters. The zero-order chi connectivity index (χ0) is 20.7. The highest BCUT2D eigenvalue weighted by molar-refractivity contribution is 8.00. The highest BCUT2D eigenvalue weighted by Crippen LogP contribution is 2.37. The normalized spacial score (nSPS) is 17.1. The quantitative estimate of drug-likeness (QED) is 0.634. The number of thiazole rings is 1. The van der Waals surface area contributed by atoms with Gasteiger partial charge >= 0.3 is 0 Å². The largest absolute Gasteiger partial charge is 0.486 e. The van der Waals surface area contributed by atoms with E-state index in [0.29, 0.717) is 35.3 Å². The number of hydrogen-bond acceptors (Lipinski definition) is 7. The summed E-state index contributed by atoms with van der Waals surface area (Å²) in [6.07, 6.45) is 0. The molecular formula is C21H17N3O4S2. The lowest BCUT2D eigenvalue weighted by atomic mass is 10.1. The highest BCUT2D eigenvalue weighted by Gasteiger charge is 2.24. The van der Waals surface area contributed by atoms with Gasteiger partial charge < -0.3 is 14.8 Å². The number of anilines is 2. The number of thioether (sulfide) groups is 1. The molecule has 9 heteroatoms. The Hall–Kier alpha value is -3.04. The number of rotatable bonds is 3. The molecule has 0 aliphatic carbocycles. The van der Waals surface area contributed by atoms with Crippen molar-refractivity contribution in [3.8, 4) is 22.8 Å². The van der Waals surface area contributed by atoms with Gasteiger partial charge in [-0.15, -0.1) is 23.1 Å². The molecule has 0 radical (unpaired) electrons. The Morgan fingerprint density at radius 3 is 2.87 bits per heavy atom. The van der Waals surface area contributed by atoms with Gasteiger partial charge in [-0.1, -0.05) is 0 Å². The fraction of sp³-hybridized carbons (Fsp3) is 0.190. The number of nitrogens with one attached hydrogen (secondary N) is 2. The molecule has 0 saturated heterocycles. The van der Waals surface area contributed by atoms with E-state index < -0.39 is 0 Å². The summed E-state index contributed by atoms with van der Waals surface area (Å²) in [4.78, 5) is 30.1. The fourth-order valence-corrected chi connectivity index (χ4v) is 4.83. The predicted molar refractivity (Wildman–Crippen MR) is 117 cm³/mol. The van der Waals surface area contributed by atoms with E-state index >= 15 is 0 Å². The van der Waals surface area contributed by atoms with E-state index in [1.807, 2.05) is 36.6 Å². The van der Waals surface area contributed by atoms with Crippen LogP contribution in [0.5, 0.6) is 11.5 Å². The summed E-state index contributed by atoms with van der Waals surface area (Å²) in [5.74, 6) is 1.08. The first-order valence-corrected chi connectivity index (χ1v) is 11.1. The minimum Gasteiger partial charge on any atom is -0.486 e. The molecule has 3 heterocycles. The lowest BCUT2D eigenvalue weighted by Gasteiger charge is -2.21. The van der Waals surface area contributed by atoms with Crippen molar-refractivity contribution >= 4 is 45.7 Å². The maximum atomic E-state index is 12.7. The zero-order valence-corrected chi connectivity index (χ0v) is 17.6. The number of nitrogens with zero attached hydrogens (tertiary/aromatic N) is 1. The van der Waals surface area contributed by atoms with Crippen molar-refractivity contribution < 1.29 is 19.1 Å². The summed E-state index contributed by atoms with van der Waals surface area (Å²) in [6, 6.07) is 11.0. The van der Waals surface area contributed by atoms with Crippen molar-refractivity contribution in [1.29, 1.82) is 0 Å². The van der Waals surface area contributed by atoms with Crippen LogP contribution in [0.15, 0.2) is 46.7 Å². The molecule has 152 valence electrons. The monoisotopic (exact) mass is 439 g/mol. The number of amides is 2. The molecule has 1 aromatic heterocycles. The number of carbonyl (C=O) groups is 2. The Kier molecular flexibility index (Phi) is 4.84. The second-order valence-electron chi connectivity index (χ2n) is 6.81. The summed E-state index contributed by atoms with van der Waals surface area (Å²) in [7, 11) is 0. The van der Waals surface area contributed by atoms with Crippen LogP contribution in [0.25, 0.3) is 11.3 Å². The Labute approximate surface area is 180 Å². The van der Waals surface area contributed by atoms with Crippen LogP contribution in [0.1, 0.15) is 17.3 Å². The van der Waals surface area contributed by atoms with E-state index in [9.17, 15) is 9.59 Å². The maximum absolute atomic E-state index is 12.7. The summed E-state index contributed by atoms with van der Waals surface area (Å²) in [5.41, 5.74) is 2.75. The van der Waals surface area contributed by atoms with Crippen LogP contribution in [-0.4, -0.2) is 35.3 Å². The Morgan fingerprint density at radius 1 is 1.17 bits per heavy atom. The SMILES string of the molecule is CC1Sc2ccc(C(=O)Nc3nc(-c4ccc5c(c4)OCCO5)cs3)cc2NC1=O. The van der Waals surface area contributed by atoms with Crippen molar-refractivity contribution in [2.24, 2.45) is 0 Å². The van der Waals surface area contributed by atoms with Crippen LogP contribution in [0.3, 0.4) is 0 Å². The molecule has 2 amide bonds. The molecule has 0 saturated carbocycles. The summed E-state index contributed by atoms with van der Waals surface area (Å²) >= 11 is 2.83. The molecule has 1 unspecified atom stereocenters. The number of ether oxygens (including phenoxy) is 2. The molecule has 2 aliphatic rings. The van der Waals surface area contributed by atoms with Gasteiger partial charge in [-0.25, -0.2) is 4.98 Å². The predicted octanol–water partition coefficient (Wildman–Crippen LogP) is 4.27. The summed E-state index contributed by atoms with van der Waals surface area (Å²) in [5, 5.41) is 7.90. The van der Waals surface area contributed by atoms with Crippen molar-refractivity contribution in [2.75, 3.05) is 23.8 Å². The third-order valence-corrected chi connectivity index (χ3v) is 6.67. The highest BCUT2D eigenvalue weighted by atomic mass is 32.2.